The molecule has 1 aliphatic carbocycles. The summed E-state index contributed by atoms with van der Waals surface area (Å²) in [5.74, 6) is -0.254. The number of hydrogen-bond acceptors (Lipinski definition) is 3. The summed E-state index contributed by atoms with van der Waals surface area (Å²) in [4.78, 5) is 16.8. The van der Waals surface area contributed by atoms with E-state index in [9.17, 15) is 9.90 Å². The molecule has 1 heterocycles. The molecule has 0 saturated heterocycles. The van der Waals surface area contributed by atoms with Gasteiger partial charge in [0, 0.05) is 4.88 Å². The molecule has 2 rings (SSSR count). The van der Waals surface area contributed by atoms with Crippen LogP contribution in [0.4, 0.5) is 0 Å². The Hall–Kier alpha value is -0.900. The molecule has 1 saturated carbocycles. The summed E-state index contributed by atoms with van der Waals surface area (Å²) in [5, 5.41) is 9.33. The maximum atomic E-state index is 11.3. The molecule has 1 aromatic heterocycles. The predicted molar refractivity (Wildman–Crippen MR) is 63.6 cm³/mol. The van der Waals surface area contributed by atoms with Crippen LogP contribution in [0, 0.1) is 18.3 Å². The van der Waals surface area contributed by atoms with Crippen LogP contribution in [-0.4, -0.2) is 16.1 Å². The van der Waals surface area contributed by atoms with Crippen LogP contribution in [-0.2, 0) is 11.2 Å². The van der Waals surface area contributed by atoms with Gasteiger partial charge in [-0.2, -0.15) is 0 Å². The lowest BCUT2D eigenvalue weighted by atomic mass is 9.80. The highest BCUT2D eigenvalue weighted by molar-refractivity contribution is 7.09. The van der Waals surface area contributed by atoms with Gasteiger partial charge < -0.3 is 5.11 Å². The van der Waals surface area contributed by atoms with E-state index < -0.39 is 11.4 Å². The minimum atomic E-state index is -0.642. The van der Waals surface area contributed by atoms with Gasteiger partial charge in [-0.1, -0.05) is 0 Å². The summed E-state index contributed by atoms with van der Waals surface area (Å²) < 4.78 is 0. The minimum Gasteiger partial charge on any atom is -0.481 e. The monoisotopic (exact) mass is 239 g/mol. The maximum absolute atomic E-state index is 11.3. The van der Waals surface area contributed by atoms with Crippen molar-refractivity contribution in [1.82, 2.24) is 4.98 Å². The van der Waals surface area contributed by atoms with Crippen molar-refractivity contribution in [3.8, 4) is 0 Å². The number of aromatic nitrogens is 1. The molecular formula is C12H17NO2S. The Morgan fingerprint density at radius 3 is 2.81 bits per heavy atom. The van der Waals surface area contributed by atoms with Gasteiger partial charge in [0.2, 0.25) is 0 Å². The van der Waals surface area contributed by atoms with E-state index in [0.717, 1.165) is 31.4 Å². The van der Waals surface area contributed by atoms with Crippen molar-refractivity contribution in [3.05, 3.63) is 16.1 Å². The van der Waals surface area contributed by atoms with Gasteiger partial charge in [0.25, 0.3) is 0 Å². The molecular weight excluding hydrogens is 222 g/mol. The third-order valence-corrected chi connectivity index (χ3v) is 4.68. The normalized spacial score (nSPS) is 19.4. The fourth-order valence-electron chi connectivity index (χ4n) is 2.15. The highest BCUT2D eigenvalue weighted by Crippen LogP contribution is 2.48. The van der Waals surface area contributed by atoms with Crippen LogP contribution >= 0.6 is 11.3 Å². The fraction of sp³-hybridized carbons (Fsp3) is 0.667. The predicted octanol–water partition coefficient (Wildman–Crippen LogP) is 2.89. The zero-order valence-corrected chi connectivity index (χ0v) is 10.5. The lowest BCUT2D eigenvalue weighted by Gasteiger charge is -2.24. The summed E-state index contributed by atoms with van der Waals surface area (Å²) in [6, 6.07) is 0. The number of carbonyl (C=O) groups is 1. The van der Waals surface area contributed by atoms with Crippen LogP contribution in [0.5, 0.6) is 0 Å². The highest BCUT2D eigenvalue weighted by atomic mass is 32.1. The third kappa shape index (κ3) is 2.12. The largest absolute Gasteiger partial charge is 0.481 e. The van der Waals surface area contributed by atoms with Gasteiger partial charge in [0.1, 0.15) is 0 Å². The maximum Gasteiger partial charge on any atom is 0.309 e. The van der Waals surface area contributed by atoms with E-state index in [1.54, 1.807) is 11.3 Å². The van der Waals surface area contributed by atoms with Gasteiger partial charge >= 0.3 is 5.97 Å². The van der Waals surface area contributed by atoms with E-state index >= 15 is 0 Å². The van der Waals surface area contributed by atoms with E-state index in [1.165, 1.54) is 4.88 Å². The van der Waals surface area contributed by atoms with Crippen LogP contribution in [0.1, 0.15) is 36.8 Å². The Morgan fingerprint density at radius 1 is 1.69 bits per heavy atom. The Morgan fingerprint density at radius 2 is 2.38 bits per heavy atom. The lowest BCUT2D eigenvalue weighted by molar-refractivity contribution is -0.149. The molecule has 1 fully saturated rings. The van der Waals surface area contributed by atoms with Crippen molar-refractivity contribution in [2.75, 3.05) is 0 Å². The SMILES string of the molecule is Cc1ncsc1CCC(C)(C(=O)O)C1CC1. The highest BCUT2D eigenvalue weighted by Gasteiger charge is 2.46. The van der Waals surface area contributed by atoms with Crippen LogP contribution in [0.3, 0.4) is 0 Å². The number of carboxylic acid groups (broad SMARTS) is 1. The van der Waals surface area contributed by atoms with E-state index in [0.29, 0.717) is 5.92 Å². The van der Waals surface area contributed by atoms with Crippen LogP contribution in [0.25, 0.3) is 0 Å². The van der Waals surface area contributed by atoms with Gasteiger partial charge in [-0.15, -0.1) is 11.3 Å². The molecule has 0 radical (unpaired) electrons. The summed E-state index contributed by atoms with van der Waals surface area (Å²) in [6.07, 6.45) is 3.72. The molecule has 4 heteroatoms. The molecule has 1 atom stereocenters. The number of carboxylic acids is 1. The second-order valence-electron chi connectivity index (χ2n) is 4.86. The van der Waals surface area contributed by atoms with Crippen molar-refractivity contribution >= 4 is 17.3 Å². The molecule has 88 valence electrons. The molecule has 1 unspecified atom stereocenters. The standard InChI is InChI=1S/C12H17NO2S/c1-8-10(16-7-13-8)5-6-12(2,11(14)15)9-3-4-9/h7,9H,3-6H2,1-2H3,(H,14,15). The zero-order chi connectivity index (χ0) is 11.8. The minimum absolute atomic E-state index is 0.387. The Labute approximate surface area is 99.5 Å². The average Bonchev–Trinajstić information content (AvgIpc) is 3.00. The van der Waals surface area contributed by atoms with Crippen molar-refractivity contribution in [1.29, 1.82) is 0 Å². The summed E-state index contributed by atoms with van der Waals surface area (Å²) in [7, 11) is 0. The van der Waals surface area contributed by atoms with Crippen LogP contribution in [0.15, 0.2) is 5.51 Å². The molecule has 1 aromatic rings. The van der Waals surface area contributed by atoms with Crippen LogP contribution in [0.2, 0.25) is 0 Å². The van der Waals surface area contributed by atoms with Crippen molar-refractivity contribution in [3.63, 3.8) is 0 Å². The van der Waals surface area contributed by atoms with E-state index in [1.807, 2.05) is 19.4 Å². The smallest absolute Gasteiger partial charge is 0.309 e. The van der Waals surface area contributed by atoms with Gasteiger partial charge in [0.05, 0.1) is 16.6 Å². The first kappa shape index (κ1) is 11.6. The molecule has 0 bridgehead atoms. The summed E-state index contributed by atoms with van der Waals surface area (Å²) in [6.45, 7) is 3.88. The number of aliphatic carboxylic acids is 1. The number of aryl methyl sites for hydroxylation is 2. The van der Waals surface area contributed by atoms with Crippen LogP contribution < -0.4 is 0 Å². The van der Waals surface area contributed by atoms with Gasteiger partial charge in [-0.25, -0.2) is 4.98 Å². The van der Waals surface area contributed by atoms with Gasteiger partial charge in [-0.3, -0.25) is 4.79 Å². The first-order valence-corrected chi connectivity index (χ1v) is 6.54. The van der Waals surface area contributed by atoms with Gasteiger partial charge in [0.15, 0.2) is 0 Å². The molecule has 16 heavy (non-hydrogen) atoms. The van der Waals surface area contributed by atoms with E-state index in [-0.39, 0.29) is 0 Å². The second kappa shape index (κ2) is 4.17. The molecule has 0 spiro atoms. The fourth-order valence-corrected chi connectivity index (χ4v) is 2.93. The molecule has 1 aliphatic rings. The summed E-state index contributed by atoms with van der Waals surface area (Å²) >= 11 is 1.63. The molecule has 3 nitrogen and oxygen atoms in total. The van der Waals surface area contributed by atoms with Crippen molar-refractivity contribution in [2.45, 2.75) is 39.5 Å². The average molecular weight is 239 g/mol. The number of hydrogen-bond donors (Lipinski definition) is 1. The Bertz CT molecular complexity index is 397. The topological polar surface area (TPSA) is 50.2 Å². The van der Waals surface area contributed by atoms with E-state index in [2.05, 4.69) is 4.98 Å². The first-order valence-electron chi connectivity index (χ1n) is 5.66. The second-order valence-corrected chi connectivity index (χ2v) is 5.80. The van der Waals surface area contributed by atoms with Gasteiger partial charge in [-0.05, 0) is 45.4 Å². The zero-order valence-electron chi connectivity index (χ0n) is 9.69. The number of thiazole rings is 1. The van der Waals surface area contributed by atoms with Crippen molar-refractivity contribution in [2.24, 2.45) is 11.3 Å². The van der Waals surface area contributed by atoms with Crippen molar-refractivity contribution < 1.29 is 9.90 Å². The Balaban J connectivity index is 2.02. The third-order valence-electron chi connectivity index (χ3n) is 3.68. The number of rotatable bonds is 5. The summed E-state index contributed by atoms with van der Waals surface area (Å²) in [5.41, 5.74) is 2.35. The quantitative estimate of drug-likeness (QED) is 0.859. The molecule has 1 N–H and O–H groups in total. The Kier molecular flexibility index (Phi) is 3.02. The molecule has 0 amide bonds. The molecule has 0 aliphatic heterocycles. The lowest BCUT2D eigenvalue weighted by Crippen LogP contribution is -2.30. The number of nitrogens with zero attached hydrogens (tertiary/aromatic N) is 1. The molecule has 0 aromatic carbocycles. The van der Waals surface area contributed by atoms with E-state index in [4.69, 9.17) is 0 Å². The first-order chi connectivity index (χ1) is 7.54.